The third-order valence-corrected chi connectivity index (χ3v) is 5.10. The molecular weight excluding hydrogens is 290 g/mol. The summed E-state index contributed by atoms with van der Waals surface area (Å²) in [6.45, 7) is 0. The first-order chi connectivity index (χ1) is 9.88. The number of carboxylic acids is 1. The lowest BCUT2D eigenvalue weighted by Gasteiger charge is -2.24. The molecule has 1 aliphatic rings. The van der Waals surface area contributed by atoms with Gasteiger partial charge in [0.05, 0.1) is 10.8 Å². The molecule has 6 heteroatoms. The van der Waals surface area contributed by atoms with E-state index < -0.39 is 15.8 Å². The van der Waals surface area contributed by atoms with Crippen molar-refractivity contribution in [2.45, 2.75) is 43.0 Å². The predicted octanol–water partition coefficient (Wildman–Crippen LogP) is 2.54. The molecule has 1 aromatic rings. The Morgan fingerprint density at radius 1 is 1.14 bits per heavy atom. The van der Waals surface area contributed by atoms with Crippen molar-refractivity contribution in [3.63, 3.8) is 0 Å². The van der Waals surface area contributed by atoms with E-state index in [0.29, 0.717) is 6.42 Å². The first-order valence-corrected chi connectivity index (χ1v) is 9.06. The summed E-state index contributed by atoms with van der Waals surface area (Å²) in [7, 11) is -3.20. The molecule has 1 aromatic carbocycles. The number of benzene rings is 1. The van der Waals surface area contributed by atoms with Crippen LogP contribution in [0.1, 0.15) is 32.1 Å². The van der Waals surface area contributed by atoms with E-state index >= 15 is 0 Å². The Labute approximate surface area is 125 Å². The van der Waals surface area contributed by atoms with Gasteiger partial charge in [0.25, 0.3) is 0 Å². The molecule has 1 saturated carbocycles. The van der Waals surface area contributed by atoms with Crippen molar-refractivity contribution in [3.05, 3.63) is 24.3 Å². The number of nitrogens with one attached hydrogen (secondary N) is 1. The molecule has 0 amide bonds. The molecular formula is C15H21NO4S. The van der Waals surface area contributed by atoms with E-state index in [1.165, 1.54) is 6.26 Å². The van der Waals surface area contributed by atoms with Gasteiger partial charge in [-0.3, -0.25) is 4.79 Å². The van der Waals surface area contributed by atoms with Gasteiger partial charge in [-0.15, -0.1) is 0 Å². The van der Waals surface area contributed by atoms with Crippen LogP contribution >= 0.6 is 0 Å². The summed E-state index contributed by atoms with van der Waals surface area (Å²) in [6, 6.07) is 6.38. The summed E-state index contributed by atoms with van der Waals surface area (Å²) in [5.74, 6) is -1.15. The molecule has 2 unspecified atom stereocenters. The highest BCUT2D eigenvalue weighted by Crippen LogP contribution is 2.27. The molecule has 0 spiro atoms. The minimum absolute atomic E-state index is 0.103. The average molecular weight is 311 g/mol. The Hall–Kier alpha value is -1.56. The van der Waals surface area contributed by atoms with Crippen LogP contribution in [-0.4, -0.2) is 31.8 Å². The molecule has 2 N–H and O–H groups in total. The van der Waals surface area contributed by atoms with E-state index in [1.807, 2.05) is 0 Å². The third kappa shape index (κ3) is 4.20. The van der Waals surface area contributed by atoms with E-state index in [1.54, 1.807) is 24.3 Å². The molecule has 0 aromatic heterocycles. The Balaban J connectivity index is 2.13. The van der Waals surface area contributed by atoms with Crippen LogP contribution < -0.4 is 5.32 Å². The zero-order valence-electron chi connectivity index (χ0n) is 12.1. The van der Waals surface area contributed by atoms with Crippen molar-refractivity contribution in [2.75, 3.05) is 11.6 Å². The van der Waals surface area contributed by atoms with Crippen LogP contribution in [0.4, 0.5) is 5.69 Å². The molecule has 0 aliphatic heterocycles. The maximum absolute atomic E-state index is 11.4. The van der Waals surface area contributed by atoms with Crippen molar-refractivity contribution in [1.29, 1.82) is 0 Å². The first-order valence-electron chi connectivity index (χ1n) is 7.17. The molecule has 5 nitrogen and oxygen atoms in total. The molecule has 116 valence electrons. The van der Waals surface area contributed by atoms with E-state index in [9.17, 15) is 18.3 Å². The molecule has 2 rings (SSSR count). The molecule has 0 radical (unpaired) electrons. The van der Waals surface area contributed by atoms with Gasteiger partial charge in [-0.05, 0) is 37.1 Å². The maximum Gasteiger partial charge on any atom is 0.308 e. The Morgan fingerprint density at radius 2 is 1.76 bits per heavy atom. The summed E-state index contributed by atoms with van der Waals surface area (Å²) >= 11 is 0. The lowest BCUT2D eigenvalue weighted by Crippen LogP contribution is -2.33. The molecule has 21 heavy (non-hydrogen) atoms. The summed E-state index contributed by atoms with van der Waals surface area (Å²) in [5, 5.41) is 12.6. The first kappa shape index (κ1) is 15.8. The number of rotatable bonds is 4. The van der Waals surface area contributed by atoms with Gasteiger partial charge in [0.2, 0.25) is 0 Å². The van der Waals surface area contributed by atoms with Crippen LogP contribution in [0.3, 0.4) is 0 Å². The fourth-order valence-electron chi connectivity index (χ4n) is 2.79. The fraction of sp³-hybridized carbons (Fsp3) is 0.533. The van der Waals surface area contributed by atoms with Gasteiger partial charge in [-0.1, -0.05) is 19.3 Å². The van der Waals surface area contributed by atoms with Crippen molar-refractivity contribution in [2.24, 2.45) is 5.92 Å². The smallest absolute Gasteiger partial charge is 0.308 e. The molecule has 1 fully saturated rings. The number of hydrogen-bond acceptors (Lipinski definition) is 4. The van der Waals surface area contributed by atoms with Gasteiger partial charge >= 0.3 is 5.97 Å². The minimum atomic E-state index is -3.20. The normalized spacial score (nSPS) is 23.3. The highest BCUT2D eigenvalue weighted by atomic mass is 32.2. The SMILES string of the molecule is CS(=O)(=O)c1ccc(NC2CCCCCC2C(=O)O)cc1. The number of anilines is 1. The molecule has 0 bridgehead atoms. The third-order valence-electron chi connectivity index (χ3n) is 3.97. The minimum Gasteiger partial charge on any atom is -0.481 e. The average Bonchev–Trinajstić information content (AvgIpc) is 2.64. The lowest BCUT2D eigenvalue weighted by atomic mass is 9.94. The van der Waals surface area contributed by atoms with Crippen LogP contribution in [0.25, 0.3) is 0 Å². The summed E-state index contributed by atoms with van der Waals surface area (Å²) in [6.07, 6.45) is 5.71. The monoisotopic (exact) mass is 311 g/mol. The van der Waals surface area contributed by atoms with Crippen molar-refractivity contribution in [3.8, 4) is 0 Å². The van der Waals surface area contributed by atoms with Crippen molar-refractivity contribution in [1.82, 2.24) is 0 Å². The second kappa shape index (κ2) is 6.47. The number of sulfone groups is 1. The number of hydrogen-bond donors (Lipinski definition) is 2. The van der Waals surface area contributed by atoms with Crippen LogP contribution in [0.15, 0.2) is 29.2 Å². The topological polar surface area (TPSA) is 83.5 Å². The molecule has 0 heterocycles. The van der Waals surface area contributed by atoms with Gasteiger partial charge in [-0.2, -0.15) is 0 Å². The van der Waals surface area contributed by atoms with Crippen LogP contribution in [-0.2, 0) is 14.6 Å². The quantitative estimate of drug-likeness (QED) is 0.835. The number of aliphatic carboxylic acids is 1. The van der Waals surface area contributed by atoms with E-state index in [4.69, 9.17) is 0 Å². The second-order valence-electron chi connectivity index (χ2n) is 5.63. The second-order valence-corrected chi connectivity index (χ2v) is 7.65. The maximum atomic E-state index is 11.4. The zero-order valence-corrected chi connectivity index (χ0v) is 12.9. The number of carbonyl (C=O) groups is 1. The lowest BCUT2D eigenvalue weighted by molar-refractivity contribution is -0.142. The van der Waals surface area contributed by atoms with Gasteiger partial charge in [-0.25, -0.2) is 8.42 Å². The van der Waals surface area contributed by atoms with Gasteiger partial charge in [0.1, 0.15) is 0 Å². The van der Waals surface area contributed by atoms with Crippen molar-refractivity contribution >= 4 is 21.5 Å². The number of carboxylic acid groups (broad SMARTS) is 1. The van der Waals surface area contributed by atoms with Gasteiger partial charge in [0.15, 0.2) is 9.84 Å². The van der Waals surface area contributed by atoms with Crippen LogP contribution in [0, 0.1) is 5.92 Å². The Kier molecular flexibility index (Phi) is 4.88. The van der Waals surface area contributed by atoms with Gasteiger partial charge < -0.3 is 10.4 Å². The fourth-order valence-corrected chi connectivity index (χ4v) is 3.42. The van der Waals surface area contributed by atoms with E-state index in [-0.39, 0.29) is 16.9 Å². The largest absolute Gasteiger partial charge is 0.481 e. The Morgan fingerprint density at radius 3 is 2.33 bits per heavy atom. The van der Waals surface area contributed by atoms with Crippen molar-refractivity contribution < 1.29 is 18.3 Å². The van der Waals surface area contributed by atoms with Gasteiger partial charge in [0, 0.05) is 18.0 Å². The molecule has 1 aliphatic carbocycles. The van der Waals surface area contributed by atoms with E-state index in [2.05, 4.69) is 5.32 Å². The predicted molar refractivity (Wildman–Crippen MR) is 81.2 cm³/mol. The van der Waals surface area contributed by atoms with E-state index in [0.717, 1.165) is 31.4 Å². The summed E-state index contributed by atoms with van der Waals surface area (Å²) in [4.78, 5) is 11.6. The molecule has 0 saturated heterocycles. The van der Waals surface area contributed by atoms with Crippen LogP contribution in [0.2, 0.25) is 0 Å². The highest BCUT2D eigenvalue weighted by Gasteiger charge is 2.29. The summed E-state index contributed by atoms with van der Waals surface area (Å²) in [5.41, 5.74) is 0.764. The van der Waals surface area contributed by atoms with Crippen LogP contribution in [0.5, 0.6) is 0 Å². The zero-order chi connectivity index (χ0) is 15.5. The molecule has 2 atom stereocenters. The highest BCUT2D eigenvalue weighted by molar-refractivity contribution is 7.90. The Bertz CT molecular complexity index is 595. The summed E-state index contributed by atoms with van der Waals surface area (Å²) < 4.78 is 22.8. The standard InChI is InChI=1S/C15H21NO4S/c1-21(19,20)12-9-7-11(8-10-12)16-14-6-4-2-3-5-13(14)15(17)18/h7-10,13-14,16H,2-6H2,1H3,(H,17,18).